The summed E-state index contributed by atoms with van der Waals surface area (Å²) < 4.78 is 0. The van der Waals surface area contributed by atoms with E-state index in [1.54, 1.807) is 10.7 Å². The number of allylic oxidation sites excluding steroid dienone is 5. The van der Waals surface area contributed by atoms with Gasteiger partial charge in [-0.1, -0.05) is 37.8 Å². The Morgan fingerprint density at radius 3 is 2.91 bits per heavy atom. The molecule has 0 amide bonds. The Kier molecular flexibility index (Phi) is 1.53. The van der Waals surface area contributed by atoms with Crippen LogP contribution in [0, 0.1) is 5.92 Å². The first-order chi connectivity index (χ1) is 5.29. The average molecular weight is 160 g/mol. The van der Waals surface area contributed by atoms with Crippen LogP contribution in [-0.2, 0) is 0 Å². The third-order valence-corrected chi connectivity index (χ3v) is 3.61. The maximum absolute atomic E-state index is 2.44. The summed E-state index contributed by atoms with van der Waals surface area (Å²) in [4.78, 5) is 0. The van der Waals surface area contributed by atoms with E-state index in [-0.39, 0.29) is 0 Å². The predicted molar refractivity (Wildman–Crippen MR) is 52.3 cm³/mol. The van der Waals surface area contributed by atoms with Gasteiger partial charge in [0.15, 0.2) is 0 Å². The fraction of sp³-hybridized carbons (Fsp3) is 0.300. The van der Waals surface area contributed by atoms with Crippen molar-refractivity contribution in [3.63, 3.8) is 0 Å². The first kappa shape index (κ1) is 6.98. The standard InChI is InChI=1S/C10H12Si/c1-7(2)9-6-11-10-5-3-4-8(9)10/h3-7,11H,1-2H3. The second kappa shape index (κ2) is 2.42. The van der Waals surface area contributed by atoms with Gasteiger partial charge in [-0.15, -0.1) is 0 Å². The van der Waals surface area contributed by atoms with E-state index in [4.69, 9.17) is 0 Å². The lowest BCUT2D eigenvalue weighted by Gasteiger charge is -2.08. The van der Waals surface area contributed by atoms with E-state index in [1.807, 2.05) is 0 Å². The minimum atomic E-state index is 0.448. The zero-order chi connectivity index (χ0) is 7.84. The van der Waals surface area contributed by atoms with Crippen LogP contribution < -0.4 is 0 Å². The van der Waals surface area contributed by atoms with Crippen LogP contribution >= 0.6 is 0 Å². The molecule has 0 N–H and O–H groups in total. The Bertz CT molecular complexity index is 301. The van der Waals surface area contributed by atoms with Crippen LogP contribution in [0.1, 0.15) is 13.8 Å². The number of hydrogen-bond acceptors (Lipinski definition) is 0. The van der Waals surface area contributed by atoms with Gasteiger partial charge in [-0.3, -0.25) is 0 Å². The molecule has 1 heterocycles. The molecule has 1 aliphatic heterocycles. The van der Waals surface area contributed by atoms with E-state index >= 15 is 0 Å². The quantitative estimate of drug-likeness (QED) is 0.512. The minimum Gasteiger partial charge on any atom is -0.0758 e. The van der Waals surface area contributed by atoms with E-state index in [9.17, 15) is 0 Å². The van der Waals surface area contributed by atoms with Crippen molar-refractivity contribution in [1.82, 2.24) is 0 Å². The van der Waals surface area contributed by atoms with Crippen LogP contribution in [0.4, 0.5) is 0 Å². The first-order valence-electron chi connectivity index (χ1n) is 4.10. The maximum Gasteiger partial charge on any atom is 0.0304 e. The van der Waals surface area contributed by atoms with Crippen LogP contribution in [0.3, 0.4) is 0 Å². The molecular weight excluding hydrogens is 148 g/mol. The van der Waals surface area contributed by atoms with E-state index in [1.165, 1.54) is 5.57 Å². The summed E-state index contributed by atoms with van der Waals surface area (Å²) in [5.41, 5.74) is 5.53. The minimum absolute atomic E-state index is 0.448. The SMILES string of the molecule is CC(C)C1=C[SiH]=C2C=CC=C12. The molecule has 0 saturated carbocycles. The van der Waals surface area contributed by atoms with Gasteiger partial charge in [-0.25, -0.2) is 0 Å². The molecular formula is C10H12Si. The highest BCUT2D eigenvalue weighted by atomic mass is 28.2. The number of rotatable bonds is 1. The molecule has 0 nitrogen and oxygen atoms in total. The molecule has 0 unspecified atom stereocenters. The molecule has 0 spiro atoms. The normalized spacial score (nSPS) is 20.1. The van der Waals surface area contributed by atoms with Crippen LogP contribution in [-0.4, -0.2) is 14.3 Å². The molecule has 56 valence electrons. The third kappa shape index (κ3) is 0.999. The monoisotopic (exact) mass is 160 g/mol. The van der Waals surface area contributed by atoms with E-state index in [2.05, 4.69) is 37.8 Å². The van der Waals surface area contributed by atoms with Gasteiger partial charge in [0.1, 0.15) is 0 Å². The van der Waals surface area contributed by atoms with Crippen molar-refractivity contribution in [2.45, 2.75) is 13.8 Å². The zero-order valence-electron chi connectivity index (χ0n) is 6.96. The smallest absolute Gasteiger partial charge is 0.0304 e. The first-order valence-corrected chi connectivity index (χ1v) is 5.34. The maximum atomic E-state index is 2.44. The molecule has 11 heavy (non-hydrogen) atoms. The van der Waals surface area contributed by atoms with E-state index in [0.29, 0.717) is 15.0 Å². The summed E-state index contributed by atoms with van der Waals surface area (Å²) in [5.74, 6) is 0.700. The Balaban J connectivity index is 2.34. The summed E-state index contributed by atoms with van der Waals surface area (Å²) >= 11 is 0. The summed E-state index contributed by atoms with van der Waals surface area (Å²) in [5, 5.41) is 1.59. The van der Waals surface area contributed by atoms with Crippen LogP contribution in [0.15, 0.2) is 35.1 Å². The molecule has 1 aliphatic carbocycles. The van der Waals surface area contributed by atoms with Crippen molar-refractivity contribution in [2.75, 3.05) is 0 Å². The van der Waals surface area contributed by atoms with Gasteiger partial charge in [-0.2, -0.15) is 0 Å². The topological polar surface area (TPSA) is 0 Å². The average Bonchev–Trinajstić information content (AvgIpc) is 2.41. The van der Waals surface area contributed by atoms with Crippen molar-refractivity contribution in [1.29, 1.82) is 0 Å². The van der Waals surface area contributed by atoms with Gasteiger partial charge in [0.25, 0.3) is 0 Å². The Morgan fingerprint density at radius 1 is 1.36 bits per heavy atom. The zero-order valence-corrected chi connectivity index (χ0v) is 8.12. The van der Waals surface area contributed by atoms with E-state index < -0.39 is 0 Å². The molecule has 0 saturated heterocycles. The Labute approximate surface area is 69.8 Å². The molecule has 0 fully saturated rings. The molecule has 0 atom stereocenters. The van der Waals surface area contributed by atoms with Crippen molar-refractivity contribution in [3.05, 3.63) is 35.1 Å². The lowest BCUT2D eigenvalue weighted by molar-refractivity contribution is 0.789. The fourth-order valence-electron chi connectivity index (χ4n) is 1.62. The summed E-state index contributed by atoms with van der Waals surface area (Å²) in [6, 6.07) is 0. The van der Waals surface area contributed by atoms with Crippen LogP contribution in [0.5, 0.6) is 0 Å². The van der Waals surface area contributed by atoms with E-state index in [0.717, 1.165) is 0 Å². The summed E-state index contributed by atoms with van der Waals surface area (Å²) in [6.45, 7) is 4.54. The Hall–Kier alpha value is -0.693. The lowest BCUT2D eigenvalue weighted by atomic mass is 9.96. The lowest BCUT2D eigenvalue weighted by Crippen LogP contribution is -1.99. The molecule has 0 bridgehead atoms. The van der Waals surface area contributed by atoms with Crippen molar-refractivity contribution in [3.8, 4) is 0 Å². The van der Waals surface area contributed by atoms with Crippen LogP contribution in [0.25, 0.3) is 0 Å². The van der Waals surface area contributed by atoms with Crippen molar-refractivity contribution >= 4 is 14.3 Å². The molecule has 0 radical (unpaired) electrons. The molecule has 0 aromatic heterocycles. The number of hydrogen-bond donors (Lipinski definition) is 0. The van der Waals surface area contributed by atoms with Gasteiger partial charge < -0.3 is 0 Å². The second-order valence-corrected chi connectivity index (χ2v) is 4.63. The third-order valence-electron chi connectivity index (χ3n) is 2.23. The summed E-state index contributed by atoms with van der Waals surface area (Å²) in [6.07, 6.45) is 6.69. The highest BCUT2D eigenvalue weighted by molar-refractivity contribution is 6.68. The molecule has 2 rings (SSSR count). The van der Waals surface area contributed by atoms with Gasteiger partial charge in [0, 0.05) is 9.13 Å². The Morgan fingerprint density at radius 2 is 2.18 bits per heavy atom. The van der Waals surface area contributed by atoms with Gasteiger partial charge in [-0.05, 0) is 22.2 Å². The van der Waals surface area contributed by atoms with Crippen molar-refractivity contribution in [2.24, 2.45) is 5.92 Å². The molecule has 1 heteroatoms. The number of fused-ring (bicyclic) bond motifs is 1. The van der Waals surface area contributed by atoms with Gasteiger partial charge in [0.2, 0.25) is 0 Å². The fourth-order valence-corrected chi connectivity index (χ4v) is 3.20. The van der Waals surface area contributed by atoms with Gasteiger partial charge in [0.05, 0.1) is 0 Å². The molecule has 0 aromatic carbocycles. The second-order valence-electron chi connectivity index (χ2n) is 3.34. The van der Waals surface area contributed by atoms with Crippen LogP contribution in [0.2, 0.25) is 0 Å². The predicted octanol–water partition coefficient (Wildman–Crippen LogP) is 1.64. The largest absolute Gasteiger partial charge is 0.0758 e. The molecule has 0 aromatic rings. The van der Waals surface area contributed by atoms with Crippen molar-refractivity contribution < 1.29 is 0 Å². The highest BCUT2D eigenvalue weighted by Gasteiger charge is 2.17. The summed E-state index contributed by atoms with van der Waals surface area (Å²) in [7, 11) is 0.448. The molecule has 2 aliphatic rings. The van der Waals surface area contributed by atoms with Gasteiger partial charge >= 0.3 is 0 Å². The highest BCUT2D eigenvalue weighted by Crippen LogP contribution is 2.26.